The molecule has 1 fully saturated rings. The third-order valence-corrected chi connectivity index (χ3v) is 3.56. The van der Waals surface area contributed by atoms with Gasteiger partial charge < -0.3 is 15.5 Å². The van der Waals surface area contributed by atoms with Gasteiger partial charge in [0.15, 0.2) is 0 Å². The summed E-state index contributed by atoms with van der Waals surface area (Å²) in [5.74, 6) is 1.18. The minimum absolute atomic E-state index is 0.0110. The molecule has 0 radical (unpaired) electrons. The van der Waals surface area contributed by atoms with E-state index in [4.69, 9.17) is 5.73 Å². The van der Waals surface area contributed by atoms with Crippen molar-refractivity contribution in [2.24, 2.45) is 16.1 Å². The van der Waals surface area contributed by atoms with Gasteiger partial charge in [-0.2, -0.15) is 0 Å². The first kappa shape index (κ1) is 16.0. The molecule has 0 atom stereocenters. The van der Waals surface area contributed by atoms with Crippen LogP contribution in [-0.4, -0.2) is 48.9 Å². The Balaban J connectivity index is 2.77. The topological polar surface area (TPSA) is 44.9 Å². The lowest BCUT2D eigenvalue weighted by Gasteiger charge is -2.34. The van der Waals surface area contributed by atoms with Gasteiger partial charge in [0, 0.05) is 49.9 Å². The molecule has 0 aromatic heterocycles. The number of rotatable bonds is 3. The van der Waals surface area contributed by atoms with Crippen molar-refractivity contribution in [3.63, 3.8) is 0 Å². The summed E-state index contributed by atoms with van der Waals surface area (Å²) in [6.07, 6.45) is 4.00. The zero-order valence-electron chi connectivity index (χ0n) is 13.2. The maximum atomic E-state index is 6.07. The van der Waals surface area contributed by atoms with E-state index in [2.05, 4.69) is 49.5 Å². The highest BCUT2D eigenvalue weighted by Gasteiger charge is 2.17. The molecule has 1 saturated heterocycles. The molecule has 0 amide bonds. The normalized spacial score (nSPS) is 19.9. The van der Waals surface area contributed by atoms with E-state index >= 15 is 0 Å². The predicted octanol–water partition coefficient (Wildman–Crippen LogP) is 2.28. The number of hydrogen-bond donors (Lipinski definition) is 1. The summed E-state index contributed by atoms with van der Waals surface area (Å²) in [4.78, 5) is 9.42. The van der Waals surface area contributed by atoms with Crippen LogP contribution in [0.2, 0.25) is 0 Å². The maximum absolute atomic E-state index is 6.07. The maximum Gasteiger partial charge on any atom is 0.104 e. The SMILES string of the molecule is CCCC(=N/C=C(\N)C(C)(C)C)N1CCN(C)CC1. The standard InChI is InChI=1S/C15H30N4/c1-6-7-14(17-12-13(16)15(2,3)4)19-10-8-18(5)9-11-19/h12H,6-11,16H2,1-5H3/b13-12-,17-14?. The molecule has 1 rings (SSSR count). The molecule has 0 aliphatic carbocycles. The van der Waals surface area contributed by atoms with Gasteiger partial charge in [-0.15, -0.1) is 0 Å². The molecule has 0 spiro atoms. The van der Waals surface area contributed by atoms with E-state index < -0.39 is 0 Å². The first-order valence-electron chi connectivity index (χ1n) is 7.31. The number of aliphatic imine (C=N–C) groups is 1. The second kappa shape index (κ2) is 6.94. The van der Waals surface area contributed by atoms with Crippen LogP contribution in [0.5, 0.6) is 0 Å². The van der Waals surface area contributed by atoms with Gasteiger partial charge in [0.25, 0.3) is 0 Å². The van der Waals surface area contributed by atoms with Gasteiger partial charge in [-0.3, -0.25) is 0 Å². The lowest BCUT2D eigenvalue weighted by molar-refractivity contribution is 0.213. The molecular weight excluding hydrogens is 236 g/mol. The van der Waals surface area contributed by atoms with E-state index in [-0.39, 0.29) is 5.41 Å². The van der Waals surface area contributed by atoms with Gasteiger partial charge in [-0.1, -0.05) is 27.7 Å². The average Bonchev–Trinajstić information content (AvgIpc) is 2.34. The summed E-state index contributed by atoms with van der Waals surface area (Å²) < 4.78 is 0. The summed E-state index contributed by atoms with van der Waals surface area (Å²) in [6.45, 7) is 12.9. The Hall–Kier alpha value is -1.03. The van der Waals surface area contributed by atoms with Gasteiger partial charge in [0.05, 0.1) is 0 Å². The summed E-state index contributed by atoms with van der Waals surface area (Å²) in [5.41, 5.74) is 6.91. The lowest BCUT2D eigenvalue weighted by Crippen LogP contribution is -2.47. The number of likely N-dealkylation sites (N-methyl/N-ethyl adjacent to an activating group) is 1. The van der Waals surface area contributed by atoms with Crippen LogP contribution in [0, 0.1) is 5.41 Å². The van der Waals surface area contributed by atoms with E-state index in [1.54, 1.807) is 0 Å². The minimum atomic E-state index is -0.0110. The van der Waals surface area contributed by atoms with Crippen molar-refractivity contribution in [1.29, 1.82) is 0 Å². The van der Waals surface area contributed by atoms with Crippen LogP contribution in [0.25, 0.3) is 0 Å². The summed E-state index contributed by atoms with van der Waals surface area (Å²) in [6, 6.07) is 0. The third-order valence-electron chi connectivity index (χ3n) is 3.56. The highest BCUT2D eigenvalue weighted by atomic mass is 15.3. The van der Waals surface area contributed by atoms with Crippen LogP contribution >= 0.6 is 0 Å². The zero-order valence-corrected chi connectivity index (χ0v) is 13.2. The summed E-state index contributed by atoms with van der Waals surface area (Å²) in [7, 11) is 2.17. The molecule has 19 heavy (non-hydrogen) atoms. The highest BCUT2D eigenvalue weighted by molar-refractivity contribution is 5.83. The van der Waals surface area contributed by atoms with Crippen molar-refractivity contribution in [3.05, 3.63) is 11.9 Å². The molecule has 0 bridgehead atoms. The number of piperazine rings is 1. The number of nitrogens with zero attached hydrogens (tertiary/aromatic N) is 3. The highest BCUT2D eigenvalue weighted by Crippen LogP contribution is 2.20. The molecule has 0 unspecified atom stereocenters. The Kier molecular flexibility index (Phi) is 5.85. The number of amidine groups is 1. The quantitative estimate of drug-likeness (QED) is 0.629. The van der Waals surface area contributed by atoms with Gasteiger partial charge in [-0.05, 0) is 13.5 Å². The first-order chi connectivity index (χ1) is 8.84. The van der Waals surface area contributed by atoms with Crippen molar-refractivity contribution in [2.75, 3.05) is 33.2 Å². The van der Waals surface area contributed by atoms with Crippen molar-refractivity contribution in [1.82, 2.24) is 9.80 Å². The largest absolute Gasteiger partial charge is 0.400 e. The van der Waals surface area contributed by atoms with Crippen LogP contribution in [0.1, 0.15) is 40.5 Å². The van der Waals surface area contributed by atoms with Crippen molar-refractivity contribution >= 4 is 5.84 Å². The van der Waals surface area contributed by atoms with E-state index in [9.17, 15) is 0 Å². The van der Waals surface area contributed by atoms with Crippen molar-refractivity contribution in [2.45, 2.75) is 40.5 Å². The van der Waals surface area contributed by atoms with E-state index in [1.165, 1.54) is 5.84 Å². The number of nitrogens with two attached hydrogens (primary N) is 1. The molecule has 4 nitrogen and oxygen atoms in total. The second-order valence-corrected chi connectivity index (χ2v) is 6.42. The molecule has 4 heteroatoms. The van der Waals surface area contributed by atoms with Gasteiger partial charge in [-0.25, -0.2) is 4.99 Å². The third kappa shape index (κ3) is 5.23. The fraction of sp³-hybridized carbons (Fsp3) is 0.800. The Morgan fingerprint density at radius 3 is 2.26 bits per heavy atom. The molecule has 1 aliphatic heterocycles. The van der Waals surface area contributed by atoms with E-state index in [0.717, 1.165) is 44.7 Å². The lowest BCUT2D eigenvalue weighted by atomic mass is 9.93. The van der Waals surface area contributed by atoms with Crippen LogP contribution in [0.4, 0.5) is 0 Å². The Labute approximate surface area is 118 Å². The summed E-state index contributed by atoms with van der Waals surface area (Å²) >= 11 is 0. The monoisotopic (exact) mass is 266 g/mol. The molecule has 110 valence electrons. The van der Waals surface area contributed by atoms with Crippen LogP contribution in [0.3, 0.4) is 0 Å². The molecule has 0 aromatic rings. The molecule has 1 aliphatic rings. The summed E-state index contributed by atoms with van der Waals surface area (Å²) in [5, 5.41) is 0. The zero-order chi connectivity index (χ0) is 14.5. The molecule has 0 saturated carbocycles. The van der Waals surface area contributed by atoms with Crippen molar-refractivity contribution in [3.8, 4) is 0 Å². The van der Waals surface area contributed by atoms with Gasteiger partial charge in [0.1, 0.15) is 5.84 Å². The van der Waals surface area contributed by atoms with Crippen LogP contribution in [0.15, 0.2) is 16.9 Å². The molecular formula is C15H30N4. The van der Waals surface area contributed by atoms with Crippen molar-refractivity contribution < 1.29 is 0 Å². The Bertz CT molecular complexity index is 331. The average molecular weight is 266 g/mol. The number of hydrogen-bond acceptors (Lipinski definition) is 3. The van der Waals surface area contributed by atoms with E-state index in [0.29, 0.717) is 0 Å². The fourth-order valence-corrected chi connectivity index (χ4v) is 1.93. The minimum Gasteiger partial charge on any atom is -0.400 e. The Morgan fingerprint density at radius 2 is 1.79 bits per heavy atom. The molecule has 0 aromatic carbocycles. The van der Waals surface area contributed by atoms with Gasteiger partial charge in [0.2, 0.25) is 0 Å². The molecule has 1 heterocycles. The Morgan fingerprint density at radius 1 is 1.21 bits per heavy atom. The fourth-order valence-electron chi connectivity index (χ4n) is 1.93. The predicted molar refractivity (Wildman–Crippen MR) is 83.1 cm³/mol. The number of allylic oxidation sites excluding steroid dienone is 1. The second-order valence-electron chi connectivity index (χ2n) is 6.42. The van der Waals surface area contributed by atoms with Crippen LogP contribution < -0.4 is 5.73 Å². The van der Waals surface area contributed by atoms with Crippen LogP contribution in [-0.2, 0) is 0 Å². The molecule has 2 N–H and O–H groups in total. The smallest absolute Gasteiger partial charge is 0.104 e. The van der Waals surface area contributed by atoms with Gasteiger partial charge >= 0.3 is 0 Å². The first-order valence-corrected chi connectivity index (χ1v) is 7.31. The van der Waals surface area contributed by atoms with E-state index in [1.807, 2.05) is 6.20 Å².